The largest absolute Gasteiger partial charge is 0.395 e. The van der Waals surface area contributed by atoms with E-state index >= 15 is 0 Å². The van der Waals surface area contributed by atoms with Crippen LogP contribution in [0.1, 0.15) is 26.7 Å². The van der Waals surface area contributed by atoms with Gasteiger partial charge in [-0.15, -0.1) is 6.58 Å². The molecule has 0 atom stereocenters. The molecular weight excluding hydrogens is 112 g/mol. The van der Waals surface area contributed by atoms with Crippen molar-refractivity contribution in [2.24, 2.45) is 5.41 Å². The highest BCUT2D eigenvalue weighted by Crippen LogP contribution is 2.25. The highest BCUT2D eigenvalue weighted by molar-refractivity contribution is 4.92. The Morgan fingerprint density at radius 3 is 1.89 bits per heavy atom. The fourth-order valence-corrected chi connectivity index (χ4v) is 0.827. The molecule has 9 heavy (non-hydrogen) atoms. The molecule has 0 saturated carbocycles. The van der Waals surface area contributed by atoms with Crippen molar-refractivity contribution in [1.82, 2.24) is 0 Å². The van der Waals surface area contributed by atoms with Crippen LogP contribution < -0.4 is 0 Å². The van der Waals surface area contributed by atoms with Gasteiger partial charge in [0, 0.05) is 5.41 Å². The first kappa shape index (κ1) is 8.70. The maximum absolute atomic E-state index is 8.91. The lowest BCUT2D eigenvalue weighted by Gasteiger charge is -2.24. The molecule has 1 heteroatoms. The standard InChI is InChI=1S/C8H16O/c1-4-8(5-2,6-3)7-9/h4,9H,1,5-7H2,2-3H3. The second-order valence-electron chi connectivity index (χ2n) is 2.43. The highest BCUT2D eigenvalue weighted by atomic mass is 16.3. The van der Waals surface area contributed by atoms with Crippen LogP contribution in [0.5, 0.6) is 0 Å². The van der Waals surface area contributed by atoms with Gasteiger partial charge in [-0.3, -0.25) is 0 Å². The number of hydrogen-bond donors (Lipinski definition) is 1. The molecule has 0 fully saturated rings. The van der Waals surface area contributed by atoms with Gasteiger partial charge in [-0.1, -0.05) is 19.9 Å². The molecule has 0 aromatic carbocycles. The van der Waals surface area contributed by atoms with Gasteiger partial charge in [0.1, 0.15) is 0 Å². The molecule has 0 rings (SSSR count). The Kier molecular flexibility index (Phi) is 3.55. The van der Waals surface area contributed by atoms with Gasteiger partial charge in [0.25, 0.3) is 0 Å². The van der Waals surface area contributed by atoms with Crippen LogP contribution in [0.25, 0.3) is 0 Å². The summed E-state index contributed by atoms with van der Waals surface area (Å²) >= 11 is 0. The van der Waals surface area contributed by atoms with E-state index in [4.69, 9.17) is 5.11 Å². The van der Waals surface area contributed by atoms with Gasteiger partial charge in [-0.05, 0) is 12.8 Å². The molecule has 0 amide bonds. The lowest BCUT2D eigenvalue weighted by Crippen LogP contribution is -2.19. The van der Waals surface area contributed by atoms with Gasteiger partial charge in [-0.25, -0.2) is 0 Å². The van der Waals surface area contributed by atoms with Gasteiger partial charge < -0.3 is 5.11 Å². The summed E-state index contributed by atoms with van der Waals surface area (Å²) in [7, 11) is 0. The van der Waals surface area contributed by atoms with Crippen molar-refractivity contribution in [1.29, 1.82) is 0 Å². The summed E-state index contributed by atoms with van der Waals surface area (Å²) in [6, 6.07) is 0. The zero-order valence-corrected chi connectivity index (χ0v) is 6.35. The van der Waals surface area contributed by atoms with E-state index in [0.717, 1.165) is 12.8 Å². The molecule has 0 aliphatic carbocycles. The van der Waals surface area contributed by atoms with E-state index in [9.17, 15) is 0 Å². The van der Waals surface area contributed by atoms with E-state index in [1.165, 1.54) is 0 Å². The van der Waals surface area contributed by atoms with Crippen LogP contribution >= 0.6 is 0 Å². The van der Waals surface area contributed by atoms with Crippen LogP contribution in [0.4, 0.5) is 0 Å². The summed E-state index contributed by atoms with van der Waals surface area (Å²) in [5.74, 6) is 0. The van der Waals surface area contributed by atoms with Crippen LogP contribution in [0, 0.1) is 5.41 Å². The minimum absolute atomic E-state index is 0.0139. The summed E-state index contributed by atoms with van der Waals surface area (Å²) in [4.78, 5) is 0. The first-order valence-corrected chi connectivity index (χ1v) is 3.49. The topological polar surface area (TPSA) is 20.2 Å². The Morgan fingerprint density at radius 2 is 1.89 bits per heavy atom. The summed E-state index contributed by atoms with van der Waals surface area (Å²) in [6.45, 7) is 8.05. The first-order valence-electron chi connectivity index (χ1n) is 3.49. The van der Waals surface area contributed by atoms with Crippen molar-refractivity contribution in [3.63, 3.8) is 0 Å². The SMILES string of the molecule is C=CC(CC)(CC)CO. The lowest BCUT2D eigenvalue weighted by atomic mass is 9.84. The summed E-state index contributed by atoms with van der Waals surface area (Å²) in [5, 5.41) is 8.91. The fraction of sp³-hybridized carbons (Fsp3) is 0.750. The molecule has 0 saturated heterocycles. The number of rotatable bonds is 4. The van der Waals surface area contributed by atoms with Gasteiger partial charge in [0.15, 0.2) is 0 Å². The predicted molar refractivity (Wildman–Crippen MR) is 40.3 cm³/mol. The zero-order valence-electron chi connectivity index (χ0n) is 6.35. The third-order valence-corrected chi connectivity index (χ3v) is 2.16. The molecule has 1 N–H and O–H groups in total. The Hall–Kier alpha value is -0.300. The van der Waals surface area contributed by atoms with Crippen molar-refractivity contribution < 1.29 is 5.11 Å². The zero-order chi connectivity index (χ0) is 7.33. The Bertz CT molecular complexity index is 74.3. The third kappa shape index (κ3) is 1.83. The van der Waals surface area contributed by atoms with Crippen molar-refractivity contribution in [3.05, 3.63) is 12.7 Å². The average molecular weight is 128 g/mol. The second kappa shape index (κ2) is 3.67. The molecule has 1 nitrogen and oxygen atoms in total. The van der Waals surface area contributed by atoms with Crippen molar-refractivity contribution in [3.8, 4) is 0 Å². The van der Waals surface area contributed by atoms with Crippen LogP contribution in [0.3, 0.4) is 0 Å². The van der Waals surface area contributed by atoms with Crippen molar-refractivity contribution in [2.75, 3.05) is 6.61 Å². The number of hydrogen-bond acceptors (Lipinski definition) is 1. The van der Waals surface area contributed by atoms with Crippen LogP contribution in [0.2, 0.25) is 0 Å². The van der Waals surface area contributed by atoms with E-state index < -0.39 is 0 Å². The molecule has 0 aromatic rings. The minimum Gasteiger partial charge on any atom is -0.395 e. The number of aliphatic hydroxyl groups excluding tert-OH is 1. The fourth-order valence-electron chi connectivity index (χ4n) is 0.827. The monoisotopic (exact) mass is 128 g/mol. The Labute approximate surface area is 57.4 Å². The minimum atomic E-state index is -0.0139. The van der Waals surface area contributed by atoms with E-state index in [0.29, 0.717) is 0 Å². The third-order valence-electron chi connectivity index (χ3n) is 2.16. The van der Waals surface area contributed by atoms with Crippen LogP contribution in [-0.2, 0) is 0 Å². The van der Waals surface area contributed by atoms with Crippen molar-refractivity contribution in [2.45, 2.75) is 26.7 Å². The maximum Gasteiger partial charge on any atom is 0.0521 e. The maximum atomic E-state index is 8.91. The molecule has 0 unspecified atom stereocenters. The molecule has 0 heterocycles. The molecule has 0 spiro atoms. The normalized spacial score (nSPS) is 11.4. The second-order valence-corrected chi connectivity index (χ2v) is 2.43. The van der Waals surface area contributed by atoms with E-state index in [1.807, 2.05) is 6.08 Å². The molecule has 0 radical (unpaired) electrons. The van der Waals surface area contributed by atoms with Crippen LogP contribution in [0.15, 0.2) is 12.7 Å². The molecule has 0 bridgehead atoms. The average Bonchev–Trinajstić information content (AvgIpc) is 1.95. The summed E-state index contributed by atoms with van der Waals surface area (Å²) in [6.07, 6.45) is 3.81. The predicted octanol–water partition coefficient (Wildman–Crippen LogP) is 1.97. The lowest BCUT2D eigenvalue weighted by molar-refractivity contribution is 0.160. The summed E-state index contributed by atoms with van der Waals surface area (Å²) in [5.41, 5.74) is -0.0139. The number of aliphatic hydroxyl groups is 1. The van der Waals surface area contributed by atoms with Gasteiger partial charge in [0.2, 0.25) is 0 Å². The molecular formula is C8H16O. The van der Waals surface area contributed by atoms with E-state index in [-0.39, 0.29) is 12.0 Å². The van der Waals surface area contributed by atoms with Gasteiger partial charge in [-0.2, -0.15) is 0 Å². The van der Waals surface area contributed by atoms with Gasteiger partial charge >= 0.3 is 0 Å². The first-order chi connectivity index (χ1) is 4.24. The molecule has 0 aromatic heterocycles. The smallest absolute Gasteiger partial charge is 0.0521 e. The van der Waals surface area contributed by atoms with Gasteiger partial charge in [0.05, 0.1) is 6.61 Å². The summed E-state index contributed by atoms with van der Waals surface area (Å²) < 4.78 is 0. The van der Waals surface area contributed by atoms with Crippen molar-refractivity contribution >= 4 is 0 Å². The molecule has 0 aliphatic heterocycles. The molecule has 0 aliphatic rings. The quantitative estimate of drug-likeness (QED) is 0.574. The molecule has 54 valence electrons. The van der Waals surface area contributed by atoms with E-state index in [2.05, 4.69) is 20.4 Å². The Balaban J connectivity index is 3.98. The van der Waals surface area contributed by atoms with E-state index in [1.54, 1.807) is 0 Å². The van der Waals surface area contributed by atoms with Crippen LogP contribution in [-0.4, -0.2) is 11.7 Å². The Morgan fingerprint density at radius 1 is 1.44 bits per heavy atom. The highest BCUT2D eigenvalue weighted by Gasteiger charge is 2.19.